The average Bonchev–Trinajstić information content (AvgIpc) is 2.94. The van der Waals surface area contributed by atoms with E-state index in [1.807, 2.05) is 0 Å². The maximum Gasteiger partial charge on any atom is 0.149 e. The number of aromatic nitrogens is 2. The van der Waals surface area contributed by atoms with Crippen molar-refractivity contribution in [3.63, 3.8) is 0 Å². The summed E-state index contributed by atoms with van der Waals surface area (Å²) in [6, 6.07) is 5.58. The fraction of sp³-hybridized carbons (Fsp3) is 0.375. The Kier molecular flexibility index (Phi) is 4.18. The third-order valence-corrected chi connectivity index (χ3v) is 3.74. The Morgan fingerprint density at radius 3 is 2.50 bits per heavy atom. The summed E-state index contributed by atoms with van der Waals surface area (Å²) in [6.45, 7) is 1.78. The van der Waals surface area contributed by atoms with Gasteiger partial charge in [0.15, 0.2) is 0 Å². The first-order valence-corrected chi connectivity index (χ1v) is 7.44. The number of halogens is 2. The second-order valence-corrected chi connectivity index (χ2v) is 5.56. The Hall–Kier alpha value is -2.24. The van der Waals surface area contributed by atoms with E-state index >= 15 is 0 Å². The normalized spacial score (nSPS) is 15.0. The minimum atomic E-state index is -0.651. The molecular weight excluding hydrogens is 286 g/mol. The molecule has 4 nitrogen and oxygen atoms in total. The molecule has 0 radical (unpaired) electrons. The van der Waals surface area contributed by atoms with Crippen molar-refractivity contribution in [3.8, 4) is 0 Å². The minimum Gasteiger partial charge on any atom is -0.367 e. The second-order valence-electron chi connectivity index (χ2n) is 5.56. The quantitative estimate of drug-likeness (QED) is 0.890. The van der Waals surface area contributed by atoms with Crippen molar-refractivity contribution < 1.29 is 8.78 Å². The number of benzene rings is 1. The van der Waals surface area contributed by atoms with Crippen LogP contribution in [0.2, 0.25) is 0 Å². The molecule has 0 spiro atoms. The number of nitrogens with one attached hydrogen (secondary N) is 2. The molecule has 116 valence electrons. The van der Waals surface area contributed by atoms with Crippen molar-refractivity contribution in [1.29, 1.82) is 0 Å². The summed E-state index contributed by atoms with van der Waals surface area (Å²) >= 11 is 0. The van der Waals surface area contributed by atoms with Gasteiger partial charge >= 0.3 is 0 Å². The summed E-state index contributed by atoms with van der Waals surface area (Å²) in [5, 5.41) is 6.26. The van der Waals surface area contributed by atoms with E-state index in [1.54, 1.807) is 13.0 Å². The standard InChI is InChI=1S/C16H18F2N4/c1-10-19-15(21-12-4-2-3-5-12)9-16(20-10)22-14-7-6-11(17)8-13(14)18/h6-9,12H,2-5H2,1H3,(H2,19,20,21,22). The monoisotopic (exact) mass is 304 g/mol. The molecule has 3 rings (SSSR count). The van der Waals surface area contributed by atoms with E-state index in [2.05, 4.69) is 20.6 Å². The van der Waals surface area contributed by atoms with Crippen LogP contribution in [0.3, 0.4) is 0 Å². The molecule has 0 bridgehead atoms. The Labute approximate surface area is 128 Å². The summed E-state index contributed by atoms with van der Waals surface area (Å²) in [7, 11) is 0. The second kappa shape index (κ2) is 6.25. The zero-order valence-electron chi connectivity index (χ0n) is 12.4. The Morgan fingerprint density at radius 2 is 1.77 bits per heavy atom. The largest absolute Gasteiger partial charge is 0.367 e. The molecule has 1 aliphatic rings. The van der Waals surface area contributed by atoms with Gasteiger partial charge < -0.3 is 10.6 Å². The molecular formula is C16H18F2N4. The number of hydrogen-bond acceptors (Lipinski definition) is 4. The lowest BCUT2D eigenvalue weighted by Crippen LogP contribution is -2.16. The topological polar surface area (TPSA) is 49.8 Å². The summed E-state index contributed by atoms with van der Waals surface area (Å²) in [5.41, 5.74) is 0.186. The van der Waals surface area contributed by atoms with Crippen molar-refractivity contribution in [2.24, 2.45) is 0 Å². The summed E-state index contributed by atoms with van der Waals surface area (Å²) < 4.78 is 26.6. The highest BCUT2D eigenvalue weighted by Crippen LogP contribution is 2.24. The summed E-state index contributed by atoms with van der Waals surface area (Å²) in [5.74, 6) is 0.544. The molecule has 0 atom stereocenters. The number of hydrogen-bond donors (Lipinski definition) is 2. The molecule has 6 heteroatoms. The van der Waals surface area contributed by atoms with E-state index < -0.39 is 11.6 Å². The molecule has 22 heavy (non-hydrogen) atoms. The van der Waals surface area contributed by atoms with Crippen LogP contribution in [-0.4, -0.2) is 16.0 Å². The zero-order valence-corrected chi connectivity index (χ0v) is 12.4. The number of nitrogens with zero attached hydrogens (tertiary/aromatic N) is 2. The van der Waals surface area contributed by atoms with Gasteiger partial charge in [-0.3, -0.25) is 0 Å². The third kappa shape index (κ3) is 3.50. The molecule has 0 saturated heterocycles. The Morgan fingerprint density at radius 1 is 1.05 bits per heavy atom. The van der Waals surface area contributed by atoms with Gasteiger partial charge in [0.05, 0.1) is 5.69 Å². The van der Waals surface area contributed by atoms with Crippen LogP contribution in [0.25, 0.3) is 0 Å². The average molecular weight is 304 g/mol. The van der Waals surface area contributed by atoms with E-state index in [1.165, 1.54) is 25.0 Å². The molecule has 1 fully saturated rings. The number of rotatable bonds is 4. The fourth-order valence-corrected chi connectivity index (χ4v) is 2.71. The Bertz CT molecular complexity index is 669. The van der Waals surface area contributed by atoms with Crippen molar-refractivity contribution in [1.82, 2.24) is 9.97 Å². The van der Waals surface area contributed by atoms with Crippen molar-refractivity contribution in [3.05, 3.63) is 41.7 Å². The van der Waals surface area contributed by atoms with E-state index in [9.17, 15) is 8.78 Å². The van der Waals surface area contributed by atoms with Gasteiger partial charge in [-0.1, -0.05) is 12.8 Å². The lowest BCUT2D eigenvalue weighted by molar-refractivity contribution is 0.586. The maximum absolute atomic E-state index is 13.7. The van der Waals surface area contributed by atoms with Crippen molar-refractivity contribution in [2.45, 2.75) is 38.6 Å². The number of anilines is 3. The van der Waals surface area contributed by atoms with Crippen LogP contribution in [-0.2, 0) is 0 Å². The molecule has 1 aliphatic carbocycles. The van der Waals surface area contributed by atoms with Gasteiger partial charge in [-0.15, -0.1) is 0 Å². The van der Waals surface area contributed by atoms with Crippen LogP contribution in [0.4, 0.5) is 26.1 Å². The summed E-state index contributed by atoms with van der Waals surface area (Å²) in [6.07, 6.45) is 4.73. The van der Waals surface area contributed by atoms with Gasteiger partial charge in [0, 0.05) is 18.2 Å². The molecule has 1 aromatic carbocycles. The van der Waals surface area contributed by atoms with Crippen molar-refractivity contribution in [2.75, 3.05) is 10.6 Å². The van der Waals surface area contributed by atoms with Crippen LogP contribution in [0.5, 0.6) is 0 Å². The van der Waals surface area contributed by atoms with Gasteiger partial charge in [0.1, 0.15) is 29.1 Å². The molecule has 2 N–H and O–H groups in total. The highest BCUT2D eigenvalue weighted by atomic mass is 19.1. The van der Waals surface area contributed by atoms with E-state index in [0.29, 0.717) is 17.7 Å². The van der Waals surface area contributed by atoms with Gasteiger partial charge in [-0.2, -0.15) is 0 Å². The fourth-order valence-electron chi connectivity index (χ4n) is 2.71. The predicted molar refractivity (Wildman–Crippen MR) is 82.3 cm³/mol. The maximum atomic E-state index is 13.7. The smallest absolute Gasteiger partial charge is 0.149 e. The first-order valence-electron chi connectivity index (χ1n) is 7.44. The molecule has 1 heterocycles. The zero-order chi connectivity index (χ0) is 15.5. The van der Waals surface area contributed by atoms with Crippen LogP contribution in [0, 0.1) is 18.6 Å². The molecule has 0 unspecified atom stereocenters. The SMILES string of the molecule is Cc1nc(Nc2ccc(F)cc2F)cc(NC2CCCC2)n1. The summed E-state index contributed by atoms with van der Waals surface area (Å²) in [4.78, 5) is 8.60. The van der Waals surface area contributed by atoms with Crippen molar-refractivity contribution >= 4 is 17.3 Å². The van der Waals surface area contributed by atoms with Crippen LogP contribution >= 0.6 is 0 Å². The molecule has 1 aromatic heterocycles. The van der Waals surface area contributed by atoms with Crippen LogP contribution in [0.15, 0.2) is 24.3 Å². The predicted octanol–water partition coefficient (Wildman–Crippen LogP) is 4.16. The molecule has 2 aromatic rings. The minimum absolute atomic E-state index is 0.186. The van der Waals surface area contributed by atoms with E-state index in [-0.39, 0.29) is 5.69 Å². The number of aryl methyl sites for hydroxylation is 1. The first-order chi connectivity index (χ1) is 10.6. The van der Waals surface area contributed by atoms with Gasteiger partial charge in [-0.25, -0.2) is 18.7 Å². The van der Waals surface area contributed by atoms with Crippen LogP contribution < -0.4 is 10.6 Å². The Balaban J connectivity index is 1.79. The van der Waals surface area contributed by atoms with E-state index in [4.69, 9.17) is 0 Å². The van der Waals surface area contributed by atoms with Gasteiger partial charge in [0.25, 0.3) is 0 Å². The van der Waals surface area contributed by atoms with Gasteiger partial charge in [0.2, 0.25) is 0 Å². The van der Waals surface area contributed by atoms with E-state index in [0.717, 1.165) is 24.7 Å². The van der Waals surface area contributed by atoms with Crippen LogP contribution in [0.1, 0.15) is 31.5 Å². The molecule has 1 saturated carbocycles. The lowest BCUT2D eigenvalue weighted by Gasteiger charge is -2.14. The highest BCUT2D eigenvalue weighted by molar-refractivity contribution is 5.59. The lowest BCUT2D eigenvalue weighted by atomic mass is 10.2. The third-order valence-electron chi connectivity index (χ3n) is 3.74. The first kappa shape index (κ1) is 14.7. The van der Waals surface area contributed by atoms with Gasteiger partial charge in [-0.05, 0) is 31.9 Å². The molecule has 0 amide bonds. The molecule has 0 aliphatic heterocycles. The highest BCUT2D eigenvalue weighted by Gasteiger charge is 2.15.